The van der Waals surface area contributed by atoms with Gasteiger partial charge in [-0.05, 0) is 73.5 Å². The highest BCUT2D eigenvalue weighted by Gasteiger charge is 2.35. The van der Waals surface area contributed by atoms with Crippen LogP contribution in [0.2, 0.25) is 5.02 Å². The summed E-state index contributed by atoms with van der Waals surface area (Å²) in [4.78, 5) is 32.4. The van der Waals surface area contributed by atoms with Crippen molar-refractivity contribution in [2.24, 2.45) is 0 Å². The lowest BCUT2D eigenvalue weighted by molar-refractivity contribution is -0.123. The third-order valence-corrected chi connectivity index (χ3v) is 6.29. The average molecular weight is 468 g/mol. The summed E-state index contributed by atoms with van der Waals surface area (Å²) in [7, 11) is 0. The summed E-state index contributed by atoms with van der Waals surface area (Å²) >= 11 is 6.22. The van der Waals surface area contributed by atoms with Gasteiger partial charge in [-0.1, -0.05) is 41.9 Å². The predicted octanol–water partition coefficient (Wildman–Crippen LogP) is 5.87. The van der Waals surface area contributed by atoms with Crippen LogP contribution in [0.15, 0.2) is 79.0 Å². The molecule has 0 saturated heterocycles. The van der Waals surface area contributed by atoms with Crippen molar-refractivity contribution in [1.29, 1.82) is 0 Å². The molecule has 0 aliphatic carbocycles. The lowest BCUT2D eigenvalue weighted by Gasteiger charge is -2.28. The largest absolute Gasteiger partial charge is 0.318 e. The first kappa shape index (κ1) is 21.9. The van der Waals surface area contributed by atoms with E-state index < -0.39 is 0 Å². The van der Waals surface area contributed by atoms with E-state index in [1.807, 2.05) is 80.6 Å². The molecule has 0 fully saturated rings. The smallest absolute Gasteiger partial charge is 0.261 e. The topological polar surface area (TPSA) is 55.2 Å². The number of halogens is 1. The Kier molecular flexibility index (Phi) is 5.64. The number of fused-ring (bicyclic) bond motifs is 1. The van der Waals surface area contributed by atoms with Gasteiger partial charge in [0.1, 0.15) is 0 Å². The van der Waals surface area contributed by atoms with Crippen molar-refractivity contribution < 1.29 is 9.59 Å². The minimum atomic E-state index is -0.332. The van der Waals surface area contributed by atoms with Gasteiger partial charge in [-0.15, -0.1) is 0 Å². The van der Waals surface area contributed by atoms with Crippen LogP contribution in [0.4, 0.5) is 0 Å². The van der Waals surface area contributed by atoms with Gasteiger partial charge in [-0.3, -0.25) is 19.5 Å². The van der Waals surface area contributed by atoms with Gasteiger partial charge >= 0.3 is 0 Å². The van der Waals surface area contributed by atoms with Gasteiger partial charge in [-0.25, -0.2) is 0 Å². The van der Waals surface area contributed by atoms with Crippen LogP contribution in [-0.4, -0.2) is 26.3 Å². The van der Waals surface area contributed by atoms with Gasteiger partial charge in [0.25, 0.3) is 11.8 Å². The highest BCUT2D eigenvalue weighted by atomic mass is 35.5. The Labute approximate surface area is 202 Å². The Balaban J connectivity index is 1.62. The van der Waals surface area contributed by atoms with E-state index in [-0.39, 0.29) is 18.4 Å². The lowest BCUT2D eigenvalue weighted by atomic mass is 9.92. The maximum absolute atomic E-state index is 13.6. The molecule has 1 aliphatic rings. The van der Waals surface area contributed by atoms with E-state index >= 15 is 0 Å². The number of hydrogen-bond donors (Lipinski definition) is 0. The molecule has 0 spiro atoms. The SMILES string of the molecule is Cc1cc(C=C2C(=O)N(Cc3ccccn3)C(=O)c3ccccc32)c(C)n1-c1cccc(Cl)c1. The fourth-order valence-corrected chi connectivity index (χ4v) is 4.63. The minimum absolute atomic E-state index is 0.117. The van der Waals surface area contributed by atoms with Crippen LogP contribution in [0.3, 0.4) is 0 Å². The molecule has 0 N–H and O–H groups in total. The van der Waals surface area contributed by atoms with Crippen LogP contribution in [0.5, 0.6) is 0 Å². The molecule has 2 amide bonds. The number of carbonyl (C=O) groups is 2. The second-order valence-corrected chi connectivity index (χ2v) is 8.70. The van der Waals surface area contributed by atoms with Crippen LogP contribution in [0, 0.1) is 13.8 Å². The second kappa shape index (κ2) is 8.76. The minimum Gasteiger partial charge on any atom is -0.318 e. The molecule has 3 heterocycles. The van der Waals surface area contributed by atoms with Crippen LogP contribution in [0.1, 0.15) is 38.6 Å². The molecule has 1 aliphatic heterocycles. The Hall–Kier alpha value is -3.96. The van der Waals surface area contributed by atoms with Gasteiger partial charge < -0.3 is 4.57 Å². The van der Waals surface area contributed by atoms with Crippen molar-refractivity contribution in [1.82, 2.24) is 14.5 Å². The number of nitrogens with zero attached hydrogens (tertiary/aromatic N) is 3. The molecule has 0 saturated carbocycles. The van der Waals surface area contributed by atoms with Crippen LogP contribution < -0.4 is 0 Å². The molecule has 4 aromatic rings. The maximum atomic E-state index is 13.6. The average Bonchev–Trinajstić information content (AvgIpc) is 3.12. The Bertz CT molecular complexity index is 1450. The molecule has 0 unspecified atom stereocenters. The zero-order chi connectivity index (χ0) is 23.8. The molecular weight excluding hydrogens is 446 g/mol. The third-order valence-electron chi connectivity index (χ3n) is 6.05. The van der Waals surface area contributed by atoms with Crippen LogP contribution in [-0.2, 0) is 11.3 Å². The number of aromatic nitrogens is 2. The van der Waals surface area contributed by atoms with Crippen LogP contribution in [0.25, 0.3) is 17.3 Å². The molecule has 0 bridgehead atoms. The fourth-order valence-electron chi connectivity index (χ4n) is 4.44. The van der Waals surface area contributed by atoms with E-state index in [1.54, 1.807) is 18.3 Å². The molecule has 168 valence electrons. The van der Waals surface area contributed by atoms with Crippen molar-refractivity contribution in [3.63, 3.8) is 0 Å². The second-order valence-electron chi connectivity index (χ2n) is 8.26. The normalized spacial score (nSPS) is 14.6. The molecule has 0 radical (unpaired) electrons. The standard InChI is InChI=1S/C28H22ClN3O2/c1-18-14-20(19(2)32(18)23-10-7-8-21(29)16-23)15-26-24-11-3-4-12-25(24)27(33)31(28(26)34)17-22-9-5-6-13-30-22/h3-16H,17H2,1-2H3. The lowest BCUT2D eigenvalue weighted by Crippen LogP contribution is -2.41. The summed E-state index contributed by atoms with van der Waals surface area (Å²) in [6, 6.07) is 22.4. The van der Waals surface area contributed by atoms with E-state index in [0.717, 1.165) is 22.6 Å². The number of aryl methyl sites for hydroxylation is 1. The number of imide groups is 1. The number of benzene rings is 2. The Morgan fingerprint density at radius 3 is 2.38 bits per heavy atom. The fraction of sp³-hybridized carbons (Fsp3) is 0.107. The Morgan fingerprint density at radius 2 is 1.65 bits per heavy atom. The van der Waals surface area contributed by atoms with Gasteiger partial charge in [0.05, 0.1) is 12.2 Å². The van der Waals surface area contributed by atoms with Crippen molar-refractivity contribution in [2.75, 3.05) is 0 Å². The van der Waals surface area contributed by atoms with Crippen LogP contribution >= 0.6 is 11.6 Å². The number of amides is 2. The Morgan fingerprint density at radius 1 is 0.882 bits per heavy atom. The van der Waals surface area contributed by atoms with Gasteiger partial charge in [-0.2, -0.15) is 0 Å². The summed E-state index contributed by atoms with van der Waals surface area (Å²) in [5.74, 6) is -0.644. The molecule has 34 heavy (non-hydrogen) atoms. The predicted molar refractivity (Wildman–Crippen MR) is 134 cm³/mol. The quantitative estimate of drug-likeness (QED) is 0.279. The molecule has 5 nitrogen and oxygen atoms in total. The van der Waals surface area contributed by atoms with E-state index in [2.05, 4.69) is 9.55 Å². The summed E-state index contributed by atoms with van der Waals surface area (Å²) in [5, 5.41) is 0.657. The monoisotopic (exact) mass is 467 g/mol. The third kappa shape index (κ3) is 3.84. The number of hydrogen-bond acceptors (Lipinski definition) is 3. The van der Waals surface area contributed by atoms with E-state index in [9.17, 15) is 9.59 Å². The molecule has 6 heteroatoms. The highest BCUT2D eigenvalue weighted by Crippen LogP contribution is 2.33. The zero-order valence-corrected chi connectivity index (χ0v) is 19.6. The number of carbonyl (C=O) groups excluding carboxylic acids is 2. The summed E-state index contributed by atoms with van der Waals surface area (Å²) < 4.78 is 2.11. The highest BCUT2D eigenvalue weighted by molar-refractivity contribution is 6.33. The molecule has 2 aromatic heterocycles. The van der Waals surface area contributed by atoms with E-state index in [4.69, 9.17) is 11.6 Å². The maximum Gasteiger partial charge on any atom is 0.261 e. The molecule has 0 atom stereocenters. The zero-order valence-electron chi connectivity index (χ0n) is 18.8. The first-order chi connectivity index (χ1) is 16.4. The van der Waals surface area contributed by atoms with Gasteiger partial charge in [0, 0.05) is 39.4 Å². The van der Waals surface area contributed by atoms with Crippen molar-refractivity contribution in [3.8, 4) is 5.69 Å². The summed E-state index contributed by atoms with van der Waals surface area (Å²) in [6.07, 6.45) is 3.53. The van der Waals surface area contributed by atoms with E-state index in [1.165, 1.54) is 4.90 Å². The first-order valence-corrected chi connectivity index (χ1v) is 11.3. The van der Waals surface area contributed by atoms with Crippen molar-refractivity contribution in [3.05, 3.63) is 118 Å². The van der Waals surface area contributed by atoms with E-state index in [0.29, 0.717) is 27.4 Å². The number of pyridine rings is 1. The van der Waals surface area contributed by atoms with Gasteiger partial charge in [0.2, 0.25) is 0 Å². The summed E-state index contributed by atoms with van der Waals surface area (Å²) in [5.41, 5.74) is 6.14. The van der Waals surface area contributed by atoms with Crippen molar-refractivity contribution in [2.45, 2.75) is 20.4 Å². The van der Waals surface area contributed by atoms with Gasteiger partial charge in [0.15, 0.2) is 0 Å². The van der Waals surface area contributed by atoms with Crippen molar-refractivity contribution >= 4 is 35.1 Å². The summed E-state index contributed by atoms with van der Waals surface area (Å²) in [6.45, 7) is 4.14. The molecule has 2 aromatic carbocycles. The molecular formula is C28H22ClN3O2. The number of rotatable bonds is 4. The first-order valence-electron chi connectivity index (χ1n) is 11.0. The molecule has 5 rings (SSSR count).